The molecule has 0 aliphatic rings. The molecule has 0 radical (unpaired) electrons. The van der Waals surface area contributed by atoms with Gasteiger partial charge in [-0.05, 0) is 26.0 Å². The molecule has 1 aromatic rings. The summed E-state index contributed by atoms with van der Waals surface area (Å²) in [5, 5.41) is 10.6. The van der Waals surface area contributed by atoms with Crippen molar-refractivity contribution in [3.05, 3.63) is 45.5 Å². The van der Waals surface area contributed by atoms with E-state index in [1.165, 1.54) is 31.2 Å². The van der Waals surface area contributed by atoms with Crippen LogP contribution in [-0.4, -0.2) is 21.1 Å². The largest absolute Gasteiger partial charge is 0.493 e. The van der Waals surface area contributed by atoms with Gasteiger partial charge in [0.2, 0.25) is 5.78 Å². The van der Waals surface area contributed by atoms with Gasteiger partial charge in [-0.15, -0.1) is 0 Å². The summed E-state index contributed by atoms with van der Waals surface area (Å²) in [5.41, 5.74) is 0.549. The summed E-state index contributed by atoms with van der Waals surface area (Å²) >= 11 is 16.7. The van der Waals surface area contributed by atoms with Crippen molar-refractivity contribution in [3.8, 4) is 0 Å². The highest BCUT2D eigenvalue weighted by atomic mass is 35.6. The van der Waals surface area contributed by atoms with Crippen molar-refractivity contribution < 1.29 is 14.5 Å². The fraction of sp³-hybridized carbons (Fsp3) is 0.308. The van der Waals surface area contributed by atoms with Gasteiger partial charge in [-0.25, -0.2) is 0 Å². The number of Topliss-reactive ketones (excluding diaryl/α,β-unsaturated/α-hetero) is 1. The number of halogens is 3. The normalized spacial score (nSPS) is 12.6. The Balaban J connectivity index is 3.28. The highest BCUT2D eigenvalue weighted by molar-refractivity contribution is 6.77. The van der Waals surface area contributed by atoms with E-state index in [0.717, 1.165) is 0 Å². The van der Waals surface area contributed by atoms with E-state index in [1.54, 1.807) is 6.92 Å². The maximum absolute atomic E-state index is 12.0. The lowest BCUT2D eigenvalue weighted by molar-refractivity contribution is -0.384. The van der Waals surface area contributed by atoms with Crippen molar-refractivity contribution in [1.82, 2.24) is 0 Å². The van der Waals surface area contributed by atoms with E-state index < -0.39 is 14.5 Å². The molecule has 0 amide bonds. The molecular formula is C13H12Cl3NO4. The minimum absolute atomic E-state index is 0.0695. The van der Waals surface area contributed by atoms with Crippen LogP contribution in [0.5, 0.6) is 0 Å². The summed E-state index contributed by atoms with van der Waals surface area (Å²) in [6, 6.07) is 5.56. The number of nitrogens with zero attached hydrogens (tertiary/aromatic N) is 1. The quantitative estimate of drug-likeness (QED) is 0.260. The van der Waals surface area contributed by atoms with Gasteiger partial charge in [0.1, 0.15) is 5.76 Å². The summed E-state index contributed by atoms with van der Waals surface area (Å²) in [6.45, 7) is 3.49. The number of alkyl halides is 3. The van der Waals surface area contributed by atoms with Crippen LogP contribution in [0, 0.1) is 10.1 Å². The van der Waals surface area contributed by atoms with Gasteiger partial charge in [-0.2, -0.15) is 0 Å². The second-order valence-electron chi connectivity index (χ2n) is 4.02. The van der Waals surface area contributed by atoms with Gasteiger partial charge in [0.15, 0.2) is 0 Å². The number of ether oxygens (including phenoxy) is 1. The molecule has 0 aliphatic carbocycles. The number of nitro benzene ring substituents is 1. The van der Waals surface area contributed by atoms with Crippen molar-refractivity contribution in [1.29, 1.82) is 0 Å². The Hall–Kier alpha value is -1.30. The predicted octanol–water partition coefficient (Wildman–Crippen LogP) is 4.30. The molecule has 8 heteroatoms. The van der Waals surface area contributed by atoms with Crippen molar-refractivity contribution >= 4 is 52.0 Å². The summed E-state index contributed by atoms with van der Waals surface area (Å²) < 4.78 is 3.33. The van der Waals surface area contributed by atoms with E-state index in [9.17, 15) is 14.9 Å². The fourth-order valence-corrected chi connectivity index (χ4v) is 2.03. The molecule has 21 heavy (non-hydrogen) atoms. The van der Waals surface area contributed by atoms with Crippen LogP contribution in [0.25, 0.3) is 5.76 Å². The second kappa shape index (κ2) is 7.11. The molecule has 0 aliphatic heterocycles. The molecule has 1 rings (SSSR count). The smallest absolute Gasteiger partial charge is 0.269 e. The lowest BCUT2D eigenvalue weighted by Crippen LogP contribution is -2.21. The highest BCUT2D eigenvalue weighted by Crippen LogP contribution is 2.33. The third-order valence-electron chi connectivity index (χ3n) is 2.57. The van der Waals surface area contributed by atoms with Crippen LogP contribution in [0.1, 0.15) is 19.4 Å². The highest BCUT2D eigenvalue weighted by Gasteiger charge is 2.33. The van der Waals surface area contributed by atoms with Gasteiger partial charge in [-0.1, -0.05) is 34.8 Å². The molecule has 0 bridgehead atoms. The Bertz CT molecular complexity index is 576. The number of non-ortho nitro benzene ring substituents is 1. The Kier molecular flexibility index (Phi) is 6.01. The number of nitro groups is 1. The van der Waals surface area contributed by atoms with Crippen LogP contribution in [0.4, 0.5) is 5.69 Å². The lowest BCUT2D eigenvalue weighted by Gasteiger charge is -2.15. The molecule has 0 saturated heterocycles. The Morgan fingerprint density at radius 1 is 1.29 bits per heavy atom. The molecule has 0 saturated carbocycles. The number of carbonyl (C=O) groups excluding carboxylic acids is 1. The summed E-state index contributed by atoms with van der Waals surface area (Å²) in [7, 11) is 0. The van der Waals surface area contributed by atoms with Gasteiger partial charge in [0.25, 0.3) is 9.48 Å². The predicted molar refractivity (Wildman–Crippen MR) is 82.6 cm³/mol. The van der Waals surface area contributed by atoms with E-state index in [4.69, 9.17) is 39.5 Å². The summed E-state index contributed by atoms with van der Waals surface area (Å²) in [4.78, 5) is 22.1. The third-order valence-corrected chi connectivity index (χ3v) is 3.08. The topological polar surface area (TPSA) is 69.4 Å². The first-order chi connectivity index (χ1) is 9.68. The van der Waals surface area contributed by atoms with Gasteiger partial charge in [0.05, 0.1) is 11.5 Å². The zero-order valence-electron chi connectivity index (χ0n) is 11.2. The number of ketones is 1. The fourth-order valence-electron chi connectivity index (χ4n) is 1.60. The summed E-state index contributed by atoms with van der Waals surface area (Å²) in [6.07, 6.45) is 0. The number of carbonyl (C=O) groups is 1. The molecule has 0 aromatic heterocycles. The monoisotopic (exact) mass is 351 g/mol. The molecule has 5 nitrogen and oxygen atoms in total. The van der Waals surface area contributed by atoms with Gasteiger partial charge < -0.3 is 4.74 Å². The molecule has 0 spiro atoms. The number of allylic oxidation sites excluding steroid dienone is 1. The van der Waals surface area contributed by atoms with Gasteiger partial charge in [-0.3, -0.25) is 14.9 Å². The number of hydrogen-bond donors (Lipinski definition) is 0. The van der Waals surface area contributed by atoms with Crippen LogP contribution in [0.15, 0.2) is 29.8 Å². The van der Waals surface area contributed by atoms with Crippen LogP contribution in [-0.2, 0) is 9.53 Å². The molecule has 0 fully saturated rings. The average Bonchev–Trinajstić information content (AvgIpc) is 2.42. The van der Waals surface area contributed by atoms with Crippen LogP contribution >= 0.6 is 34.8 Å². The first kappa shape index (κ1) is 17.8. The van der Waals surface area contributed by atoms with Crippen LogP contribution in [0.3, 0.4) is 0 Å². The zero-order valence-corrected chi connectivity index (χ0v) is 13.5. The minimum Gasteiger partial charge on any atom is -0.493 e. The van der Waals surface area contributed by atoms with E-state index in [0.29, 0.717) is 5.56 Å². The van der Waals surface area contributed by atoms with Crippen LogP contribution < -0.4 is 0 Å². The standard InChI is InChI=1S/C13H12Cl3NO4/c1-3-21-11(8(2)12(18)13(14,15)16)9-4-6-10(7-5-9)17(19)20/h4-7H,3H2,1-2H3/b11-8+. The van der Waals surface area contributed by atoms with Crippen molar-refractivity contribution in [2.45, 2.75) is 17.6 Å². The average molecular weight is 353 g/mol. The third kappa shape index (κ3) is 4.59. The first-order valence-corrected chi connectivity index (χ1v) is 7.01. The van der Waals surface area contributed by atoms with E-state index in [2.05, 4.69) is 0 Å². The van der Waals surface area contributed by atoms with Gasteiger partial charge >= 0.3 is 0 Å². The number of hydrogen-bond acceptors (Lipinski definition) is 4. The molecule has 0 unspecified atom stereocenters. The van der Waals surface area contributed by atoms with E-state index in [-0.39, 0.29) is 23.6 Å². The van der Waals surface area contributed by atoms with Gasteiger partial charge in [0, 0.05) is 23.3 Å². The van der Waals surface area contributed by atoms with Crippen molar-refractivity contribution in [2.75, 3.05) is 6.61 Å². The first-order valence-electron chi connectivity index (χ1n) is 5.88. The van der Waals surface area contributed by atoms with E-state index >= 15 is 0 Å². The number of benzene rings is 1. The maximum atomic E-state index is 12.0. The molecule has 0 heterocycles. The minimum atomic E-state index is -2.09. The van der Waals surface area contributed by atoms with Crippen molar-refractivity contribution in [3.63, 3.8) is 0 Å². The SMILES string of the molecule is CCO/C(=C(\C)C(=O)C(Cl)(Cl)Cl)c1ccc([N+](=O)[O-])cc1. The molecule has 1 aromatic carbocycles. The second-order valence-corrected chi connectivity index (χ2v) is 6.30. The lowest BCUT2D eigenvalue weighted by atomic mass is 10.1. The zero-order chi connectivity index (χ0) is 16.2. The molecule has 0 N–H and O–H groups in total. The Morgan fingerprint density at radius 2 is 1.81 bits per heavy atom. The van der Waals surface area contributed by atoms with Crippen LogP contribution in [0.2, 0.25) is 0 Å². The summed E-state index contributed by atoms with van der Waals surface area (Å²) in [5.74, 6) is -0.488. The molecular weight excluding hydrogens is 341 g/mol. The van der Waals surface area contributed by atoms with Crippen molar-refractivity contribution in [2.24, 2.45) is 0 Å². The molecule has 0 atom stereocenters. The Morgan fingerprint density at radius 3 is 2.19 bits per heavy atom. The molecule has 114 valence electrons. The van der Waals surface area contributed by atoms with E-state index in [1.807, 2.05) is 0 Å². The number of rotatable bonds is 5. The maximum Gasteiger partial charge on any atom is 0.269 e. The Labute approximate surface area is 136 Å².